The summed E-state index contributed by atoms with van der Waals surface area (Å²) >= 11 is 6.02. The van der Waals surface area contributed by atoms with Crippen LogP contribution in [0.4, 0.5) is 0 Å². The molecule has 9 heteroatoms. The van der Waals surface area contributed by atoms with E-state index in [1.807, 2.05) is 18.2 Å². The molecular formula is C19H19ClN4O4. The van der Waals surface area contributed by atoms with E-state index in [-0.39, 0.29) is 0 Å². The number of halogens is 1. The van der Waals surface area contributed by atoms with Crippen molar-refractivity contribution in [1.29, 1.82) is 0 Å². The van der Waals surface area contributed by atoms with E-state index in [2.05, 4.69) is 15.3 Å². The predicted molar refractivity (Wildman–Crippen MR) is 106 cm³/mol. The summed E-state index contributed by atoms with van der Waals surface area (Å²) in [6.07, 6.45) is 1.91. The maximum Gasteiger partial charge on any atom is 0.364 e. The second-order valence-electron chi connectivity index (χ2n) is 5.77. The first kappa shape index (κ1) is 19.5. The molecule has 1 aromatic heterocycles. The fourth-order valence-electron chi connectivity index (χ4n) is 2.69. The Morgan fingerprint density at radius 2 is 1.86 bits per heavy atom. The number of hydrogen-bond acceptors (Lipinski definition) is 6. The fraction of sp³-hybridized carbons (Fsp3) is 0.211. The molecule has 1 N–H and O–H groups in total. The molecule has 0 aliphatic rings. The third-order valence-electron chi connectivity index (χ3n) is 3.98. The number of methoxy groups -OCH3 is 3. The highest BCUT2D eigenvalue weighted by Gasteiger charge is 2.13. The number of H-pyrrole nitrogens is 1. The van der Waals surface area contributed by atoms with Crippen molar-refractivity contribution in [3.8, 4) is 17.2 Å². The molecule has 3 rings (SSSR count). The Bertz CT molecular complexity index is 1030. The van der Waals surface area contributed by atoms with Gasteiger partial charge in [0.25, 0.3) is 0 Å². The molecule has 0 amide bonds. The summed E-state index contributed by atoms with van der Waals surface area (Å²) in [5, 5.41) is 11.3. The standard InChI is InChI=1S/C19H19ClN4O4/c1-26-15-8-13(9-16(27-2)18(15)28-3)11-21-24-17(22-23-19(24)25)10-12-5-4-6-14(20)7-12/h4-9,11H,10H2,1-3H3,(H,23,25)/b21-11+. The van der Waals surface area contributed by atoms with Crippen LogP contribution in [0.25, 0.3) is 0 Å². The zero-order valence-corrected chi connectivity index (χ0v) is 16.4. The van der Waals surface area contributed by atoms with Gasteiger partial charge >= 0.3 is 5.69 Å². The normalized spacial score (nSPS) is 11.0. The molecule has 0 spiro atoms. The van der Waals surface area contributed by atoms with Gasteiger partial charge in [0.2, 0.25) is 5.75 Å². The molecule has 0 aliphatic carbocycles. The number of aromatic nitrogens is 3. The summed E-state index contributed by atoms with van der Waals surface area (Å²) in [5.41, 5.74) is 1.13. The van der Waals surface area contributed by atoms with Crippen molar-refractivity contribution in [3.05, 3.63) is 68.9 Å². The highest BCUT2D eigenvalue weighted by molar-refractivity contribution is 6.30. The van der Waals surface area contributed by atoms with E-state index in [0.29, 0.717) is 40.1 Å². The first-order chi connectivity index (χ1) is 13.5. The van der Waals surface area contributed by atoms with Gasteiger partial charge in [-0.15, -0.1) is 0 Å². The molecule has 0 bridgehead atoms. The Morgan fingerprint density at radius 1 is 1.14 bits per heavy atom. The van der Waals surface area contributed by atoms with Crippen LogP contribution in [0.15, 0.2) is 46.3 Å². The topological polar surface area (TPSA) is 90.7 Å². The van der Waals surface area contributed by atoms with Crippen LogP contribution in [0, 0.1) is 0 Å². The van der Waals surface area contributed by atoms with Gasteiger partial charge in [0.15, 0.2) is 17.3 Å². The van der Waals surface area contributed by atoms with Gasteiger partial charge in [-0.2, -0.15) is 14.9 Å². The van der Waals surface area contributed by atoms with E-state index in [0.717, 1.165) is 5.56 Å². The minimum absolute atomic E-state index is 0.395. The van der Waals surface area contributed by atoms with Crippen LogP contribution in [0.3, 0.4) is 0 Å². The van der Waals surface area contributed by atoms with Crippen molar-refractivity contribution >= 4 is 17.8 Å². The molecule has 0 radical (unpaired) electrons. The zero-order valence-electron chi connectivity index (χ0n) is 15.6. The van der Waals surface area contributed by atoms with Gasteiger partial charge in [-0.05, 0) is 29.8 Å². The number of aromatic amines is 1. The van der Waals surface area contributed by atoms with Gasteiger partial charge in [-0.1, -0.05) is 23.7 Å². The van der Waals surface area contributed by atoms with Crippen molar-refractivity contribution in [3.63, 3.8) is 0 Å². The van der Waals surface area contributed by atoms with E-state index in [9.17, 15) is 4.79 Å². The average Bonchev–Trinajstić information content (AvgIpc) is 3.04. The maximum absolute atomic E-state index is 12.1. The van der Waals surface area contributed by atoms with E-state index in [1.165, 1.54) is 32.2 Å². The monoisotopic (exact) mass is 402 g/mol. The summed E-state index contributed by atoms with van der Waals surface area (Å²) in [4.78, 5) is 12.1. The molecule has 146 valence electrons. The summed E-state index contributed by atoms with van der Waals surface area (Å²) in [6, 6.07) is 10.8. The van der Waals surface area contributed by atoms with Crippen LogP contribution in [0.1, 0.15) is 17.0 Å². The van der Waals surface area contributed by atoms with Crippen molar-refractivity contribution in [2.45, 2.75) is 6.42 Å². The molecule has 0 saturated carbocycles. The van der Waals surface area contributed by atoms with Gasteiger partial charge in [0.05, 0.1) is 27.5 Å². The van der Waals surface area contributed by atoms with E-state index in [4.69, 9.17) is 25.8 Å². The highest BCUT2D eigenvalue weighted by Crippen LogP contribution is 2.37. The van der Waals surface area contributed by atoms with Crippen LogP contribution < -0.4 is 19.9 Å². The fourth-order valence-corrected chi connectivity index (χ4v) is 2.90. The molecule has 28 heavy (non-hydrogen) atoms. The second-order valence-corrected chi connectivity index (χ2v) is 6.20. The Labute approximate surface area is 166 Å². The lowest BCUT2D eigenvalue weighted by Crippen LogP contribution is -2.15. The van der Waals surface area contributed by atoms with Gasteiger partial charge in [-0.25, -0.2) is 9.89 Å². The Kier molecular flexibility index (Phi) is 6.00. The smallest absolute Gasteiger partial charge is 0.364 e. The third kappa shape index (κ3) is 4.17. The molecule has 8 nitrogen and oxygen atoms in total. The Hall–Kier alpha value is -3.26. The number of benzene rings is 2. The van der Waals surface area contributed by atoms with Crippen molar-refractivity contribution in [2.24, 2.45) is 5.10 Å². The number of nitrogens with zero attached hydrogens (tertiary/aromatic N) is 3. The number of ether oxygens (including phenoxy) is 3. The lowest BCUT2D eigenvalue weighted by Gasteiger charge is -2.12. The quantitative estimate of drug-likeness (QED) is 0.613. The van der Waals surface area contributed by atoms with Crippen molar-refractivity contribution in [1.82, 2.24) is 14.9 Å². The summed E-state index contributed by atoms with van der Waals surface area (Å²) in [5.74, 6) is 1.91. The Balaban J connectivity index is 1.93. The third-order valence-corrected chi connectivity index (χ3v) is 4.21. The lowest BCUT2D eigenvalue weighted by molar-refractivity contribution is 0.324. The lowest BCUT2D eigenvalue weighted by atomic mass is 10.1. The molecule has 2 aromatic carbocycles. The maximum atomic E-state index is 12.1. The molecule has 0 saturated heterocycles. The van der Waals surface area contributed by atoms with E-state index < -0.39 is 5.69 Å². The summed E-state index contributed by atoms with van der Waals surface area (Å²) < 4.78 is 17.2. The van der Waals surface area contributed by atoms with Crippen LogP contribution in [0.5, 0.6) is 17.2 Å². The molecule has 0 unspecified atom stereocenters. The first-order valence-electron chi connectivity index (χ1n) is 8.30. The molecule has 0 aliphatic heterocycles. The first-order valence-corrected chi connectivity index (χ1v) is 8.68. The van der Waals surface area contributed by atoms with Crippen LogP contribution >= 0.6 is 11.6 Å². The van der Waals surface area contributed by atoms with Crippen LogP contribution in [-0.2, 0) is 6.42 Å². The van der Waals surface area contributed by atoms with Gasteiger partial charge in [-0.3, -0.25) is 0 Å². The van der Waals surface area contributed by atoms with E-state index >= 15 is 0 Å². The van der Waals surface area contributed by atoms with Crippen LogP contribution in [-0.4, -0.2) is 42.4 Å². The number of nitrogens with one attached hydrogen (secondary N) is 1. The number of rotatable bonds is 7. The largest absolute Gasteiger partial charge is 0.493 e. The highest BCUT2D eigenvalue weighted by atomic mass is 35.5. The minimum Gasteiger partial charge on any atom is -0.493 e. The average molecular weight is 403 g/mol. The summed E-state index contributed by atoms with van der Waals surface area (Å²) in [6.45, 7) is 0. The zero-order chi connectivity index (χ0) is 20.1. The number of hydrogen-bond donors (Lipinski definition) is 1. The minimum atomic E-state index is -0.444. The van der Waals surface area contributed by atoms with Crippen molar-refractivity contribution in [2.75, 3.05) is 21.3 Å². The molecule has 1 heterocycles. The van der Waals surface area contributed by atoms with Gasteiger partial charge in [0, 0.05) is 17.0 Å². The molecular weight excluding hydrogens is 384 g/mol. The Morgan fingerprint density at radius 3 is 2.46 bits per heavy atom. The van der Waals surface area contributed by atoms with E-state index in [1.54, 1.807) is 18.2 Å². The molecule has 0 fully saturated rings. The van der Waals surface area contributed by atoms with Gasteiger partial charge < -0.3 is 14.2 Å². The second kappa shape index (κ2) is 8.62. The van der Waals surface area contributed by atoms with Gasteiger partial charge in [0.1, 0.15) is 0 Å². The SMILES string of the molecule is COc1cc(/C=N/n2c(Cc3cccc(Cl)c3)n[nH]c2=O)cc(OC)c1OC. The molecule has 3 aromatic rings. The van der Waals surface area contributed by atoms with Crippen LogP contribution in [0.2, 0.25) is 5.02 Å². The molecule has 0 atom stereocenters. The summed E-state index contributed by atoms with van der Waals surface area (Å²) in [7, 11) is 4.59. The van der Waals surface area contributed by atoms with Crippen molar-refractivity contribution < 1.29 is 14.2 Å². The predicted octanol–water partition coefficient (Wildman–Crippen LogP) is 2.72.